The van der Waals surface area contributed by atoms with Gasteiger partial charge in [0.15, 0.2) is 0 Å². The molecule has 0 nitrogen and oxygen atoms in total. The SMILES string of the molecule is CC(C)C1=CCCc2cc(F)c(Br)cc21. The van der Waals surface area contributed by atoms with Crippen molar-refractivity contribution in [3.05, 3.63) is 39.6 Å². The normalized spacial score (nSPS) is 15.1. The largest absolute Gasteiger partial charge is 0.206 e. The zero-order valence-electron chi connectivity index (χ0n) is 8.98. The summed E-state index contributed by atoms with van der Waals surface area (Å²) in [6, 6.07) is 3.57. The van der Waals surface area contributed by atoms with Gasteiger partial charge in [-0.1, -0.05) is 19.9 Å². The van der Waals surface area contributed by atoms with Crippen LogP contribution >= 0.6 is 15.9 Å². The number of hydrogen-bond donors (Lipinski definition) is 0. The average molecular weight is 269 g/mol. The van der Waals surface area contributed by atoms with Crippen molar-refractivity contribution in [1.82, 2.24) is 0 Å². The molecule has 1 aliphatic rings. The lowest BCUT2D eigenvalue weighted by molar-refractivity contribution is 0.617. The zero-order chi connectivity index (χ0) is 11.0. The summed E-state index contributed by atoms with van der Waals surface area (Å²) >= 11 is 3.25. The van der Waals surface area contributed by atoms with E-state index >= 15 is 0 Å². The first kappa shape index (κ1) is 10.9. The summed E-state index contributed by atoms with van der Waals surface area (Å²) in [5, 5.41) is 0. The maximum Gasteiger partial charge on any atom is 0.137 e. The maximum atomic E-state index is 13.4. The Hall–Kier alpha value is -0.630. The van der Waals surface area contributed by atoms with E-state index in [4.69, 9.17) is 0 Å². The summed E-state index contributed by atoms with van der Waals surface area (Å²) in [6.07, 6.45) is 4.26. The second-order valence-corrected chi connectivity index (χ2v) is 5.13. The van der Waals surface area contributed by atoms with Crippen molar-refractivity contribution in [1.29, 1.82) is 0 Å². The van der Waals surface area contributed by atoms with Gasteiger partial charge >= 0.3 is 0 Å². The summed E-state index contributed by atoms with van der Waals surface area (Å²) in [6.45, 7) is 4.36. The third-order valence-electron chi connectivity index (χ3n) is 2.86. The van der Waals surface area contributed by atoms with E-state index in [1.165, 1.54) is 11.1 Å². The first-order valence-electron chi connectivity index (χ1n) is 5.28. The Morgan fingerprint density at radius 3 is 2.73 bits per heavy atom. The number of allylic oxidation sites excluding steroid dienone is 2. The lowest BCUT2D eigenvalue weighted by Crippen LogP contribution is -2.05. The van der Waals surface area contributed by atoms with Gasteiger partial charge in [0.1, 0.15) is 5.82 Å². The van der Waals surface area contributed by atoms with Gasteiger partial charge in [-0.2, -0.15) is 0 Å². The number of halogens is 2. The molecule has 1 aromatic carbocycles. The zero-order valence-corrected chi connectivity index (χ0v) is 10.6. The monoisotopic (exact) mass is 268 g/mol. The molecule has 0 radical (unpaired) electrons. The quantitative estimate of drug-likeness (QED) is 0.700. The van der Waals surface area contributed by atoms with Gasteiger partial charge in [0.05, 0.1) is 4.47 Å². The highest BCUT2D eigenvalue weighted by Crippen LogP contribution is 2.34. The highest BCUT2D eigenvalue weighted by Gasteiger charge is 2.17. The fourth-order valence-corrected chi connectivity index (χ4v) is 2.45. The summed E-state index contributed by atoms with van der Waals surface area (Å²) in [7, 11) is 0. The van der Waals surface area contributed by atoms with Crippen molar-refractivity contribution in [2.24, 2.45) is 5.92 Å². The van der Waals surface area contributed by atoms with Crippen LogP contribution in [0.5, 0.6) is 0 Å². The van der Waals surface area contributed by atoms with Crippen molar-refractivity contribution >= 4 is 21.5 Å². The molecule has 0 unspecified atom stereocenters. The molecule has 0 heterocycles. The maximum absolute atomic E-state index is 13.4. The molecule has 0 saturated carbocycles. The van der Waals surface area contributed by atoms with Gasteiger partial charge in [-0.3, -0.25) is 0 Å². The second kappa shape index (κ2) is 4.09. The van der Waals surface area contributed by atoms with Crippen LogP contribution in [0.2, 0.25) is 0 Å². The molecule has 1 aromatic rings. The van der Waals surface area contributed by atoms with E-state index in [1.807, 2.05) is 6.07 Å². The van der Waals surface area contributed by atoms with Gasteiger partial charge in [0.25, 0.3) is 0 Å². The number of fused-ring (bicyclic) bond motifs is 1. The Kier molecular flexibility index (Phi) is 2.96. The minimum atomic E-state index is -0.154. The highest BCUT2D eigenvalue weighted by molar-refractivity contribution is 9.10. The van der Waals surface area contributed by atoms with Gasteiger partial charge < -0.3 is 0 Å². The van der Waals surface area contributed by atoms with Crippen molar-refractivity contribution in [2.45, 2.75) is 26.7 Å². The van der Waals surface area contributed by atoms with Crippen molar-refractivity contribution in [2.75, 3.05) is 0 Å². The van der Waals surface area contributed by atoms with Gasteiger partial charge in [0.2, 0.25) is 0 Å². The molecule has 80 valence electrons. The fourth-order valence-electron chi connectivity index (χ4n) is 2.10. The number of rotatable bonds is 1. The first-order chi connectivity index (χ1) is 7.09. The molecule has 0 N–H and O–H groups in total. The molecule has 2 heteroatoms. The fraction of sp³-hybridized carbons (Fsp3) is 0.385. The Morgan fingerprint density at radius 1 is 1.33 bits per heavy atom. The Bertz CT molecular complexity index is 419. The van der Waals surface area contributed by atoms with Gasteiger partial charge in [-0.05, 0) is 63.5 Å². The Morgan fingerprint density at radius 2 is 2.07 bits per heavy atom. The highest BCUT2D eigenvalue weighted by atomic mass is 79.9. The average Bonchev–Trinajstić information content (AvgIpc) is 2.18. The first-order valence-corrected chi connectivity index (χ1v) is 6.07. The van der Waals surface area contributed by atoms with Crippen molar-refractivity contribution in [3.8, 4) is 0 Å². The van der Waals surface area contributed by atoms with Gasteiger partial charge in [-0.15, -0.1) is 0 Å². The summed E-state index contributed by atoms with van der Waals surface area (Å²) in [5.41, 5.74) is 3.70. The molecule has 0 atom stereocenters. The Balaban J connectivity index is 2.55. The molecule has 0 amide bonds. The molecule has 1 aliphatic carbocycles. The second-order valence-electron chi connectivity index (χ2n) is 4.28. The van der Waals surface area contributed by atoms with E-state index in [-0.39, 0.29) is 5.82 Å². The van der Waals surface area contributed by atoms with Crippen LogP contribution < -0.4 is 0 Å². The minimum Gasteiger partial charge on any atom is -0.206 e. The standard InChI is InChI=1S/C13H14BrF/c1-8(2)10-5-3-4-9-6-13(15)12(14)7-11(9)10/h5-8H,3-4H2,1-2H3. The third kappa shape index (κ3) is 2.00. The molecule has 0 aliphatic heterocycles. The van der Waals surface area contributed by atoms with Crippen LogP contribution in [0.25, 0.3) is 5.57 Å². The van der Waals surface area contributed by atoms with Crippen LogP contribution in [0, 0.1) is 11.7 Å². The van der Waals surface area contributed by atoms with E-state index in [9.17, 15) is 4.39 Å². The molecular formula is C13H14BrF. The summed E-state index contributed by atoms with van der Waals surface area (Å²) in [4.78, 5) is 0. The lowest BCUT2D eigenvalue weighted by atomic mass is 9.85. The van der Waals surface area contributed by atoms with E-state index in [0.717, 1.165) is 18.4 Å². The smallest absolute Gasteiger partial charge is 0.137 e. The molecule has 15 heavy (non-hydrogen) atoms. The van der Waals surface area contributed by atoms with E-state index < -0.39 is 0 Å². The number of hydrogen-bond acceptors (Lipinski definition) is 0. The van der Waals surface area contributed by atoms with Crippen LogP contribution in [-0.2, 0) is 6.42 Å². The van der Waals surface area contributed by atoms with Crippen molar-refractivity contribution in [3.63, 3.8) is 0 Å². The van der Waals surface area contributed by atoms with Crippen LogP contribution in [0.1, 0.15) is 31.4 Å². The molecule has 2 rings (SSSR count). The van der Waals surface area contributed by atoms with E-state index in [0.29, 0.717) is 10.4 Å². The van der Waals surface area contributed by atoms with Crippen molar-refractivity contribution < 1.29 is 4.39 Å². The molecule has 0 saturated heterocycles. The molecule has 0 bridgehead atoms. The topological polar surface area (TPSA) is 0 Å². The van der Waals surface area contributed by atoms with Gasteiger partial charge in [0, 0.05) is 0 Å². The van der Waals surface area contributed by atoms with Crippen LogP contribution in [0.15, 0.2) is 22.7 Å². The van der Waals surface area contributed by atoms with E-state index in [1.54, 1.807) is 6.07 Å². The molecular weight excluding hydrogens is 255 g/mol. The predicted molar refractivity (Wildman–Crippen MR) is 65.2 cm³/mol. The van der Waals surface area contributed by atoms with Crippen LogP contribution in [0.3, 0.4) is 0 Å². The summed E-state index contributed by atoms with van der Waals surface area (Å²) in [5.74, 6) is 0.347. The molecule has 0 spiro atoms. The lowest BCUT2D eigenvalue weighted by Gasteiger charge is -2.21. The number of benzene rings is 1. The van der Waals surface area contributed by atoms with Crippen LogP contribution in [0.4, 0.5) is 4.39 Å². The third-order valence-corrected chi connectivity index (χ3v) is 3.46. The Labute approximate surface area is 98.3 Å². The molecule has 0 fully saturated rings. The van der Waals surface area contributed by atoms with E-state index in [2.05, 4.69) is 35.9 Å². The van der Waals surface area contributed by atoms with Crippen LogP contribution in [-0.4, -0.2) is 0 Å². The minimum absolute atomic E-state index is 0.154. The van der Waals surface area contributed by atoms with Gasteiger partial charge in [-0.25, -0.2) is 4.39 Å². The molecule has 0 aromatic heterocycles. The predicted octanol–water partition coefficient (Wildman–Crippen LogP) is 4.57. The number of aryl methyl sites for hydroxylation is 1. The summed E-state index contributed by atoms with van der Waals surface area (Å²) < 4.78 is 13.9.